The van der Waals surface area contributed by atoms with Gasteiger partial charge < -0.3 is 0 Å². The van der Waals surface area contributed by atoms with Crippen LogP contribution in [0.15, 0.2) is 63.7 Å². The number of hydrogen-bond donors (Lipinski definition) is 0. The molecule has 0 amide bonds. The number of nitrogens with zero attached hydrogens (tertiary/aromatic N) is 4. The topological polar surface area (TPSA) is 72.7 Å². The normalized spacial score (nSPS) is 29.3. The lowest BCUT2D eigenvalue weighted by atomic mass is 9.66. The fraction of sp³-hybridized carbons (Fsp3) is 0.235. The molecule has 4 aliphatic rings. The molecule has 0 spiro atoms. The minimum absolute atomic E-state index is 0.128. The molecule has 2 aliphatic heterocycles. The first-order valence-corrected chi connectivity index (χ1v) is 7.54. The Kier molecular flexibility index (Phi) is 2.18. The highest BCUT2D eigenvalue weighted by molar-refractivity contribution is 5.40. The van der Waals surface area contributed by atoms with E-state index in [0.717, 1.165) is 0 Å². The van der Waals surface area contributed by atoms with E-state index < -0.39 is 0 Å². The first-order valence-electron chi connectivity index (χ1n) is 7.54. The van der Waals surface area contributed by atoms with Crippen molar-refractivity contribution >= 4 is 0 Å². The van der Waals surface area contributed by atoms with E-state index in [1.165, 1.54) is 13.9 Å². The minimum atomic E-state index is -0.379. The molecule has 3 heterocycles. The Hall–Kier alpha value is -3.07. The van der Waals surface area contributed by atoms with Crippen LogP contribution in [0.3, 0.4) is 0 Å². The van der Waals surface area contributed by atoms with Gasteiger partial charge in [-0.15, -0.1) is 0 Å². The van der Waals surface area contributed by atoms with E-state index in [1.807, 2.05) is 18.2 Å². The number of aromatic nitrogens is 3. The van der Waals surface area contributed by atoms with Gasteiger partial charge in [-0.1, -0.05) is 30.4 Å². The van der Waals surface area contributed by atoms with Crippen molar-refractivity contribution in [3.05, 3.63) is 75.1 Å². The molecule has 0 saturated carbocycles. The summed E-state index contributed by atoms with van der Waals surface area (Å²) in [6.07, 6.45) is 5.94. The molecule has 23 heavy (non-hydrogen) atoms. The van der Waals surface area contributed by atoms with Crippen LogP contribution in [-0.2, 0) is 0 Å². The molecule has 0 unspecified atom stereocenters. The summed E-state index contributed by atoms with van der Waals surface area (Å²) < 4.78 is 4.19. The lowest BCUT2D eigenvalue weighted by Crippen LogP contribution is -2.52. The Labute approximate surface area is 130 Å². The SMILES string of the molecule is N#CC1=C[C@H]2[C@H]3C=C[C@@H]3[C@H]1n1c(=O)n(-c3ccccc3)c(=O)n12. The van der Waals surface area contributed by atoms with E-state index in [9.17, 15) is 14.9 Å². The van der Waals surface area contributed by atoms with Gasteiger partial charge in [-0.05, 0) is 18.2 Å². The van der Waals surface area contributed by atoms with Gasteiger partial charge >= 0.3 is 11.4 Å². The number of hydrogen-bond acceptors (Lipinski definition) is 3. The van der Waals surface area contributed by atoms with Crippen LogP contribution >= 0.6 is 0 Å². The maximum atomic E-state index is 12.9. The average molecular weight is 304 g/mol. The van der Waals surface area contributed by atoms with E-state index in [1.54, 1.807) is 24.3 Å². The molecule has 0 fully saturated rings. The van der Waals surface area contributed by atoms with Crippen molar-refractivity contribution in [1.82, 2.24) is 13.9 Å². The average Bonchev–Trinajstić information content (AvgIpc) is 2.80. The van der Waals surface area contributed by atoms with E-state index in [-0.39, 0.29) is 35.3 Å². The van der Waals surface area contributed by atoms with Crippen LogP contribution in [-0.4, -0.2) is 13.9 Å². The number of allylic oxidation sites excluding steroid dienone is 4. The summed E-state index contributed by atoms with van der Waals surface area (Å²) in [6.45, 7) is 0. The monoisotopic (exact) mass is 304 g/mol. The minimum Gasteiger partial charge on any atom is -0.245 e. The van der Waals surface area contributed by atoms with Crippen molar-refractivity contribution in [3.63, 3.8) is 0 Å². The molecule has 0 N–H and O–H groups in total. The van der Waals surface area contributed by atoms with E-state index in [2.05, 4.69) is 12.1 Å². The highest BCUT2D eigenvalue weighted by Gasteiger charge is 2.51. The van der Waals surface area contributed by atoms with Crippen LogP contribution in [0.1, 0.15) is 12.1 Å². The molecule has 0 radical (unpaired) electrons. The second-order valence-corrected chi connectivity index (χ2v) is 6.13. The van der Waals surface area contributed by atoms with Crippen LogP contribution in [0.2, 0.25) is 0 Å². The summed E-state index contributed by atoms with van der Waals surface area (Å²) in [5, 5.41) is 9.40. The number of rotatable bonds is 1. The van der Waals surface area contributed by atoms with E-state index in [4.69, 9.17) is 0 Å². The third-order valence-electron chi connectivity index (χ3n) is 5.12. The second-order valence-electron chi connectivity index (χ2n) is 6.13. The van der Waals surface area contributed by atoms with Gasteiger partial charge in [-0.2, -0.15) is 5.26 Å². The molecule has 4 atom stereocenters. The fourth-order valence-corrected chi connectivity index (χ4v) is 4.05. The molecule has 6 rings (SSSR count). The molecule has 2 bridgehead atoms. The van der Waals surface area contributed by atoms with Crippen molar-refractivity contribution in [2.45, 2.75) is 12.1 Å². The molecule has 2 aliphatic carbocycles. The summed E-state index contributed by atoms with van der Waals surface area (Å²) in [7, 11) is 0. The smallest absolute Gasteiger partial charge is 0.245 e. The van der Waals surface area contributed by atoms with Gasteiger partial charge in [0.2, 0.25) is 0 Å². The third-order valence-corrected chi connectivity index (χ3v) is 5.12. The van der Waals surface area contributed by atoms with Crippen LogP contribution in [0.4, 0.5) is 0 Å². The molecule has 0 saturated heterocycles. The van der Waals surface area contributed by atoms with Crippen LogP contribution in [0.25, 0.3) is 5.69 Å². The zero-order valence-corrected chi connectivity index (χ0v) is 12.0. The van der Waals surface area contributed by atoms with Gasteiger partial charge in [0.05, 0.1) is 29.4 Å². The molecule has 6 nitrogen and oxygen atoms in total. The Morgan fingerprint density at radius 3 is 2.30 bits per heavy atom. The van der Waals surface area contributed by atoms with Gasteiger partial charge in [-0.3, -0.25) is 0 Å². The molecule has 2 aromatic rings. The molecule has 6 heteroatoms. The van der Waals surface area contributed by atoms with Crippen molar-refractivity contribution in [2.24, 2.45) is 11.8 Å². The Balaban J connectivity index is 1.83. The summed E-state index contributed by atoms with van der Waals surface area (Å²) >= 11 is 0. The van der Waals surface area contributed by atoms with Gasteiger partial charge in [0, 0.05) is 11.8 Å². The zero-order valence-electron chi connectivity index (χ0n) is 12.0. The fourth-order valence-electron chi connectivity index (χ4n) is 4.05. The zero-order chi connectivity index (χ0) is 15.7. The lowest BCUT2D eigenvalue weighted by Gasteiger charge is -2.48. The van der Waals surface area contributed by atoms with Crippen molar-refractivity contribution in [1.29, 1.82) is 5.26 Å². The molecular weight excluding hydrogens is 292 g/mol. The van der Waals surface area contributed by atoms with Crippen LogP contribution in [0, 0.1) is 23.2 Å². The van der Waals surface area contributed by atoms with Crippen molar-refractivity contribution in [2.75, 3.05) is 0 Å². The maximum absolute atomic E-state index is 12.9. The highest BCUT2D eigenvalue weighted by atomic mass is 16.2. The molecule has 112 valence electrons. The molecular formula is C17H12N4O2. The molecule has 1 aromatic heterocycles. The van der Waals surface area contributed by atoms with Gasteiger partial charge in [-0.25, -0.2) is 23.5 Å². The quantitative estimate of drug-likeness (QED) is 0.742. The maximum Gasteiger partial charge on any atom is 0.352 e. The Bertz CT molecular complexity index is 1040. The van der Waals surface area contributed by atoms with Crippen LogP contribution in [0.5, 0.6) is 0 Å². The summed E-state index contributed by atoms with van der Waals surface area (Å²) in [5.74, 6) is 0.323. The predicted molar refractivity (Wildman–Crippen MR) is 82.2 cm³/mol. The van der Waals surface area contributed by atoms with E-state index >= 15 is 0 Å². The lowest BCUT2D eigenvalue weighted by molar-refractivity contribution is 0.132. The number of nitriles is 1. The summed E-state index contributed by atoms with van der Waals surface area (Å²) in [5.41, 5.74) is 0.405. The first kappa shape index (κ1) is 12.5. The standard InChI is InChI=1S/C17H12N4O2/c18-9-10-8-14-12-6-7-13(12)15(10)21-17(23)19(16(22)20(14)21)11-4-2-1-3-5-11/h1-8,12-15H/t12-,13-,14-,15-/m0/s1. The largest absolute Gasteiger partial charge is 0.352 e. The van der Waals surface area contributed by atoms with E-state index in [0.29, 0.717) is 11.3 Å². The van der Waals surface area contributed by atoms with Crippen molar-refractivity contribution in [3.8, 4) is 11.8 Å². The Morgan fingerprint density at radius 2 is 1.65 bits per heavy atom. The van der Waals surface area contributed by atoms with Gasteiger partial charge in [0.25, 0.3) is 0 Å². The van der Waals surface area contributed by atoms with Crippen LogP contribution < -0.4 is 11.4 Å². The van der Waals surface area contributed by atoms with Gasteiger partial charge in [0.1, 0.15) is 0 Å². The first-order chi connectivity index (χ1) is 11.2. The summed E-state index contributed by atoms with van der Waals surface area (Å²) in [6, 6.07) is 10.5. The third kappa shape index (κ3) is 1.33. The Morgan fingerprint density at radius 1 is 0.957 bits per heavy atom. The van der Waals surface area contributed by atoms with Crippen molar-refractivity contribution < 1.29 is 0 Å². The number of benzene rings is 1. The van der Waals surface area contributed by atoms with Gasteiger partial charge in [0.15, 0.2) is 0 Å². The second kappa shape index (κ2) is 4.02. The summed E-state index contributed by atoms with van der Waals surface area (Å²) in [4.78, 5) is 25.8. The predicted octanol–water partition coefficient (Wildman–Crippen LogP) is 1.16. The molecule has 1 aromatic carbocycles. The highest BCUT2D eigenvalue weighted by Crippen LogP contribution is 2.52. The number of para-hydroxylation sites is 1.